The first-order valence-electron chi connectivity index (χ1n) is 9.80. The van der Waals surface area contributed by atoms with Gasteiger partial charge in [-0.3, -0.25) is 5.41 Å². The molecule has 0 bridgehead atoms. The average molecular weight is 428 g/mol. The summed E-state index contributed by atoms with van der Waals surface area (Å²) in [6, 6.07) is 0. The lowest BCUT2D eigenvalue weighted by Crippen LogP contribution is -2.39. The molecule has 2 N–H and O–H groups in total. The molecule has 11 heteroatoms. The predicted octanol–water partition coefficient (Wildman–Crippen LogP) is 2.77. The molecule has 1 spiro atoms. The Morgan fingerprint density at radius 2 is 2.00 bits per heavy atom. The molecule has 1 unspecified atom stereocenters. The number of hydrogen-bond donors (Lipinski definition) is 2. The van der Waals surface area contributed by atoms with Crippen molar-refractivity contribution in [1.82, 2.24) is 15.1 Å². The number of halogens is 3. The van der Waals surface area contributed by atoms with Gasteiger partial charge in [-0.15, -0.1) is 0 Å². The first kappa shape index (κ1) is 22.1. The van der Waals surface area contributed by atoms with Gasteiger partial charge in [0, 0.05) is 37.8 Å². The lowest BCUT2D eigenvalue weighted by molar-refractivity contribution is -0.122. The average Bonchev–Trinajstić information content (AvgIpc) is 3.21. The van der Waals surface area contributed by atoms with Gasteiger partial charge >= 0.3 is 12.3 Å². The Bertz CT molecular complexity index is 799. The van der Waals surface area contributed by atoms with Crippen LogP contribution in [0.1, 0.15) is 33.6 Å². The molecule has 166 valence electrons. The van der Waals surface area contributed by atoms with Crippen LogP contribution in [0, 0.1) is 10.8 Å². The zero-order chi connectivity index (χ0) is 22.2. The fourth-order valence-electron chi connectivity index (χ4n) is 3.91. The molecule has 2 fully saturated rings. The molecule has 1 amide bonds. The lowest BCUT2D eigenvalue weighted by Gasteiger charge is -2.28. The zero-order valence-corrected chi connectivity index (χ0v) is 17.3. The van der Waals surface area contributed by atoms with E-state index in [1.165, 1.54) is 6.34 Å². The summed E-state index contributed by atoms with van der Waals surface area (Å²) in [5, 5.41) is 10.2. The van der Waals surface area contributed by atoms with Gasteiger partial charge in [-0.25, -0.2) is 14.8 Å². The second kappa shape index (κ2) is 7.92. The Morgan fingerprint density at radius 1 is 1.30 bits per heavy atom. The summed E-state index contributed by atoms with van der Waals surface area (Å²) in [6.45, 7) is 6.67. The van der Waals surface area contributed by atoms with E-state index >= 15 is 0 Å². The van der Waals surface area contributed by atoms with Crippen LogP contribution in [-0.2, 0) is 4.74 Å². The van der Waals surface area contributed by atoms with Gasteiger partial charge in [-0.2, -0.15) is 13.2 Å². The fraction of sp³-hybridized carbons (Fsp3) is 0.684. The number of carbonyl (C=O) groups is 1. The quantitative estimate of drug-likeness (QED) is 0.707. The number of alkyl halides is 3. The van der Waals surface area contributed by atoms with Crippen molar-refractivity contribution in [3.05, 3.63) is 11.8 Å². The Kier molecular flexibility index (Phi) is 5.83. The Hall–Kier alpha value is -2.59. The van der Waals surface area contributed by atoms with Gasteiger partial charge in [0.25, 0.3) is 0 Å². The van der Waals surface area contributed by atoms with E-state index in [9.17, 15) is 18.0 Å². The van der Waals surface area contributed by atoms with Crippen LogP contribution in [0.4, 0.5) is 18.0 Å². The van der Waals surface area contributed by atoms with Crippen LogP contribution in [0.25, 0.3) is 0 Å². The van der Waals surface area contributed by atoms with Gasteiger partial charge in [0.2, 0.25) is 0 Å². The molecular formula is C19H27F3N6O2. The van der Waals surface area contributed by atoms with Gasteiger partial charge in [-0.05, 0) is 33.6 Å². The number of aliphatic imine (C=N–C) groups is 2. The van der Waals surface area contributed by atoms with Gasteiger partial charge in [0.05, 0.1) is 5.57 Å². The van der Waals surface area contributed by atoms with Crippen LogP contribution in [0.15, 0.2) is 21.8 Å². The number of hydrogen-bond acceptors (Lipinski definition) is 6. The first-order valence-corrected chi connectivity index (χ1v) is 9.80. The summed E-state index contributed by atoms with van der Waals surface area (Å²) in [7, 11) is 0. The molecule has 3 aliphatic rings. The van der Waals surface area contributed by atoms with Crippen LogP contribution >= 0.6 is 0 Å². The monoisotopic (exact) mass is 428 g/mol. The molecule has 1 atom stereocenters. The van der Waals surface area contributed by atoms with Crippen molar-refractivity contribution < 1.29 is 22.7 Å². The Morgan fingerprint density at radius 3 is 2.67 bits per heavy atom. The lowest BCUT2D eigenvalue weighted by atomic mass is 9.86. The van der Waals surface area contributed by atoms with E-state index < -0.39 is 18.3 Å². The second-order valence-electron chi connectivity index (χ2n) is 8.92. The second-order valence-corrected chi connectivity index (χ2v) is 8.92. The Balaban J connectivity index is 1.67. The maximum absolute atomic E-state index is 12.5. The van der Waals surface area contributed by atoms with E-state index in [1.54, 1.807) is 4.90 Å². The van der Waals surface area contributed by atoms with E-state index in [2.05, 4.69) is 15.3 Å². The molecule has 3 aliphatic heterocycles. The van der Waals surface area contributed by atoms with E-state index in [0.29, 0.717) is 32.0 Å². The third kappa shape index (κ3) is 5.31. The Labute approximate surface area is 173 Å². The van der Waals surface area contributed by atoms with E-state index in [4.69, 9.17) is 10.1 Å². The van der Waals surface area contributed by atoms with Gasteiger partial charge in [0.15, 0.2) is 5.84 Å². The summed E-state index contributed by atoms with van der Waals surface area (Å²) < 4.78 is 42.8. The van der Waals surface area contributed by atoms with Crippen molar-refractivity contribution in [3.63, 3.8) is 0 Å². The minimum atomic E-state index is -4.36. The largest absolute Gasteiger partial charge is 0.444 e. The van der Waals surface area contributed by atoms with E-state index in [1.807, 2.05) is 25.7 Å². The number of ether oxygens (including phenoxy) is 1. The molecule has 30 heavy (non-hydrogen) atoms. The maximum Gasteiger partial charge on any atom is 0.410 e. The summed E-state index contributed by atoms with van der Waals surface area (Å²) in [6.07, 6.45) is -0.672. The highest BCUT2D eigenvalue weighted by molar-refractivity contribution is 6.26. The van der Waals surface area contributed by atoms with Crippen molar-refractivity contribution in [2.24, 2.45) is 15.4 Å². The van der Waals surface area contributed by atoms with Crippen molar-refractivity contribution in [3.8, 4) is 0 Å². The third-order valence-corrected chi connectivity index (χ3v) is 5.24. The number of amides is 1. The van der Waals surface area contributed by atoms with Gasteiger partial charge in [0.1, 0.15) is 24.3 Å². The third-order valence-electron chi connectivity index (χ3n) is 5.24. The number of likely N-dealkylation sites (tertiary alicyclic amines) is 2. The SMILES string of the molecule is CC(C)(C)OC(=O)N1CCC2(CCN(C3=NC=NC(=N)/C3=C\NCC(F)(F)F)C2)C1. The minimum Gasteiger partial charge on any atom is -0.444 e. The van der Waals surface area contributed by atoms with E-state index in [0.717, 1.165) is 19.0 Å². The molecule has 0 aromatic carbocycles. The van der Waals surface area contributed by atoms with Crippen molar-refractivity contribution >= 4 is 24.1 Å². The fourth-order valence-corrected chi connectivity index (χ4v) is 3.91. The van der Waals surface area contributed by atoms with Crippen LogP contribution < -0.4 is 5.32 Å². The molecule has 2 saturated heterocycles. The summed E-state index contributed by atoms with van der Waals surface area (Å²) in [5.74, 6) is 0.287. The topological polar surface area (TPSA) is 93.4 Å². The predicted molar refractivity (Wildman–Crippen MR) is 107 cm³/mol. The summed E-state index contributed by atoms with van der Waals surface area (Å²) in [5.41, 5.74) is -0.463. The molecule has 0 radical (unpaired) electrons. The minimum absolute atomic E-state index is 0.124. The summed E-state index contributed by atoms with van der Waals surface area (Å²) in [4.78, 5) is 24.1. The van der Waals surface area contributed by atoms with Gasteiger partial charge in [-0.1, -0.05) is 0 Å². The first-order chi connectivity index (χ1) is 13.9. The van der Waals surface area contributed by atoms with Crippen LogP contribution in [-0.4, -0.2) is 78.4 Å². The standard InChI is InChI=1S/C19H27F3N6O2/c1-17(2,3)30-16(29)28-7-5-18(11-28)4-6-27(10-18)15-13(14(23)25-12-26-15)8-24-9-19(20,21)22/h8,12,23-24H,4-7,9-11H2,1-3H3/b13-8+,23-14?. The molecule has 3 rings (SSSR count). The van der Waals surface area contributed by atoms with Crippen molar-refractivity contribution in [2.75, 3.05) is 32.7 Å². The van der Waals surface area contributed by atoms with Crippen molar-refractivity contribution in [2.45, 2.75) is 45.4 Å². The number of nitrogens with zero attached hydrogens (tertiary/aromatic N) is 4. The number of carbonyl (C=O) groups excluding carboxylic acids is 1. The number of rotatable bonds is 2. The normalized spacial score (nSPS) is 26.0. The summed E-state index contributed by atoms with van der Waals surface area (Å²) >= 11 is 0. The smallest absolute Gasteiger partial charge is 0.410 e. The van der Waals surface area contributed by atoms with Gasteiger partial charge < -0.3 is 19.9 Å². The number of amidine groups is 2. The number of nitrogens with one attached hydrogen (secondary N) is 2. The highest BCUT2D eigenvalue weighted by Crippen LogP contribution is 2.40. The highest BCUT2D eigenvalue weighted by Gasteiger charge is 2.46. The zero-order valence-electron chi connectivity index (χ0n) is 17.3. The van der Waals surface area contributed by atoms with Crippen LogP contribution in [0.2, 0.25) is 0 Å². The molecule has 0 saturated carbocycles. The maximum atomic E-state index is 12.5. The molecule has 0 aliphatic carbocycles. The molecule has 8 nitrogen and oxygen atoms in total. The molecular weight excluding hydrogens is 401 g/mol. The van der Waals surface area contributed by atoms with E-state index in [-0.39, 0.29) is 22.9 Å². The highest BCUT2D eigenvalue weighted by atomic mass is 19.4. The van der Waals surface area contributed by atoms with Crippen LogP contribution in [0.5, 0.6) is 0 Å². The van der Waals surface area contributed by atoms with Crippen LogP contribution in [0.3, 0.4) is 0 Å². The molecule has 0 aromatic rings. The van der Waals surface area contributed by atoms with Crippen molar-refractivity contribution in [1.29, 1.82) is 5.41 Å². The molecule has 3 heterocycles. The molecule has 0 aromatic heterocycles.